The molecule has 6 rings (SSSR count). The van der Waals surface area contributed by atoms with E-state index in [2.05, 4.69) is 59.2 Å². The predicted octanol–water partition coefficient (Wildman–Crippen LogP) is 5.13. The summed E-state index contributed by atoms with van der Waals surface area (Å²) in [4.78, 5) is 25.8. The Kier molecular flexibility index (Phi) is 6.13. The zero-order chi connectivity index (χ0) is 24.7. The average molecular weight is 475 g/mol. The van der Waals surface area contributed by atoms with Gasteiger partial charge in [-0.05, 0) is 52.6 Å². The van der Waals surface area contributed by atoms with Crippen LogP contribution in [0.4, 0.5) is 8.78 Å². The van der Waals surface area contributed by atoms with E-state index >= 15 is 0 Å². The number of fused-ring (bicyclic) bond motifs is 1. The topological polar surface area (TPSA) is 58.2 Å². The second kappa shape index (κ2) is 9.25. The lowest BCUT2D eigenvalue weighted by Crippen LogP contribution is -2.51. The van der Waals surface area contributed by atoms with Crippen LogP contribution in [0.2, 0.25) is 0 Å². The number of hydrogen-bond donors (Lipinski definition) is 2. The number of carbonyl (C=O) groups excluding carboxylic acids is 2. The molecule has 3 aromatic carbocycles. The summed E-state index contributed by atoms with van der Waals surface area (Å²) in [5.74, 6) is -2.78. The van der Waals surface area contributed by atoms with Crippen LogP contribution in [0.15, 0.2) is 66.7 Å². The molecular formula is C29H28F2N2O2. The molecule has 0 spiro atoms. The summed E-state index contributed by atoms with van der Waals surface area (Å²) in [5.41, 5.74) is 4.66. The van der Waals surface area contributed by atoms with Gasteiger partial charge in [0.2, 0.25) is 5.91 Å². The van der Waals surface area contributed by atoms with E-state index in [-0.39, 0.29) is 23.7 Å². The van der Waals surface area contributed by atoms with Crippen LogP contribution < -0.4 is 10.6 Å². The normalized spacial score (nSPS) is 20.7. The molecule has 2 N–H and O–H groups in total. The van der Waals surface area contributed by atoms with Gasteiger partial charge in [0.25, 0.3) is 5.91 Å². The van der Waals surface area contributed by atoms with Crippen LogP contribution in [0.3, 0.4) is 0 Å². The molecule has 2 atom stereocenters. The molecule has 0 radical (unpaired) electrons. The third-order valence-corrected chi connectivity index (χ3v) is 7.39. The Morgan fingerprint density at radius 2 is 1.40 bits per heavy atom. The number of hydrogen-bond acceptors (Lipinski definition) is 2. The SMILES string of the molecule is CC(C)C(NC(=O)c1c(F)cccc1F)C(=O)NCC1CC2c3ccccc3C1c1ccccc12. The Balaban J connectivity index is 1.33. The predicted molar refractivity (Wildman–Crippen MR) is 130 cm³/mol. The van der Waals surface area contributed by atoms with Gasteiger partial charge in [0.05, 0.1) is 0 Å². The lowest BCUT2D eigenvalue weighted by molar-refractivity contribution is -0.124. The van der Waals surface area contributed by atoms with Gasteiger partial charge in [-0.3, -0.25) is 9.59 Å². The average Bonchev–Trinajstić information content (AvgIpc) is 2.85. The summed E-state index contributed by atoms with van der Waals surface area (Å²) in [7, 11) is 0. The number of nitrogens with one attached hydrogen (secondary N) is 2. The van der Waals surface area contributed by atoms with Gasteiger partial charge in [-0.1, -0.05) is 68.4 Å². The van der Waals surface area contributed by atoms with Crippen molar-refractivity contribution in [3.63, 3.8) is 0 Å². The maximum absolute atomic E-state index is 14.1. The molecule has 180 valence electrons. The maximum atomic E-state index is 14.1. The molecule has 0 saturated carbocycles. The molecule has 2 bridgehead atoms. The largest absolute Gasteiger partial charge is 0.354 e. The Bertz CT molecular complexity index is 1220. The standard InChI is InChI=1S/C29H28F2N2O2/c1-16(2)27(33-28(34)26-23(30)12-7-13-24(26)31)29(35)32-15-17-14-22-18-8-3-5-10-20(18)25(17)21-11-6-4-9-19(21)22/h3-13,16-17,22,25,27H,14-15H2,1-2H3,(H,32,35)(H,33,34). The Labute approximate surface area is 203 Å². The van der Waals surface area contributed by atoms with Gasteiger partial charge >= 0.3 is 0 Å². The van der Waals surface area contributed by atoms with E-state index in [0.29, 0.717) is 12.5 Å². The van der Waals surface area contributed by atoms with Gasteiger partial charge in [-0.2, -0.15) is 0 Å². The first kappa shape index (κ1) is 23.2. The first-order valence-electron chi connectivity index (χ1n) is 12.1. The zero-order valence-corrected chi connectivity index (χ0v) is 19.7. The van der Waals surface area contributed by atoms with Gasteiger partial charge in [-0.25, -0.2) is 8.78 Å². The van der Waals surface area contributed by atoms with Crippen LogP contribution in [0, 0.1) is 23.5 Å². The lowest BCUT2D eigenvalue weighted by Gasteiger charge is -2.45. The molecule has 3 aromatic rings. The number of rotatable bonds is 6. The molecule has 4 nitrogen and oxygen atoms in total. The molecule has 35 heavy (non-hydrogen) atoms. The van der Waals surface area contributed by atoms with Gasteiger partial charge in [-0.15, -0.1) is 0 Å². The summed E-state index contributed by atoms with van der Waals surface area (Å²) in [6, 6.07) is 19.4. The lowest BCUT2D eigenvalue weighted by atomic mass is 9.59. The highest BCUT2D eigenvalue weighted by molar-refractivity contribution is 5.98. The van der Waals surface area contributed by atoms with Crippen LogP contribution in [0.5, 0.6) is 0 Å². The third-order valence-electron chi connectivity index (χ3n) is 7.39. The molecule has 3 aliphatic rings. The molecule has 0 heterocycles. The van der Waals surface area contributed by atoms with Crippen molar-refractivity contribution < 1.29 is 18.4 Å². The molecule has 2 amide bonds. The smallest absolute Gasteiger partial charge is 0.257 e. The van der Waals surface area contributed by atoms with Crippen molar-refractivity contribution in [2.24, 2.45) is 11.8 Å². The van der Waals surface area contributed by atoms with Crippen molar-refractivity contribution in [1.29, 1.82) is 0 Å². The molecule has 3 aliphatic carbocycles. The van der Waals surface area contributed by atoms with Crippen LogP contribution in [0.25, 0.3) is 0 Å². The fourth-order valence-electron chi connectivity index (χ4n) is 5.76. The first-order valence-corrected chi connectivity index (χ1v) is 12.1. The summed E-state index contributed by atoms with van der Waals surface area (Å²) in [6.07, 6.45) is 0.929. The quantitative estimate of drug-likeness (QED) is 0.520. The highest BCUT2D eigenvalue weighted by Crippen LogP contribution is 2.55. The van der Waals surface area contributed by atoms with E-state index in [1.165, 1.54) is 28.3 Å². The molecule has 0 saturated heterocycles. The van der Waals surface area contributed by atoms with Crippen molar-refractivity contribution in [3.05, 3.63) is 106 Å². The summed E-state index contributed by atoms with van der Waals surface area (Å²) in [6.45, 7) is 4.03. The highest BCUT2D eigenvalue weighted by Gasteiger charge is 2.43. The van der Waals surface area contributed by atoms with Crippen molar-refractivity contribution in [3.8, 4) is 0 Å². The summed E-state index contributed by atoms with van der Waals surface area (Å²) in [5, 5.41) is 5.56. The van der Waals surface area contributed by atoms with Crippen LogP contribution in [-0.4, -0.2) is 24.4 Å². The highest BCUT2D eigenvalue weighted by atomic mass is 19.1. The second-order valence-electron chi connectivity index (χ2n) is 9.82. The minimum Gasteiger partial charge on any atom is -0.354 e. The second-order valence-corrected chi connectivity index (χ2v) is 9.82. The minimum atomic E-state index is -0.957. The Hall–Kier alpha value is -3.54. The van der Waals surface area contributed by atoms with E-state index < -0.39 is 29.1 Å². The van der Waals surface area contributed by atoms with Gasteiger partial charge in [0, 0.05) is 18.4 Å². The fourth-order valence-corrected chi connectivity index (χ4v) is 5.76. The zero-order valence-electron chi connectivity index (χ0n) is 19.7. The fraction of sp³-hybridized carbons (Fsp3) is 0.310. The third kappa shape index (κ3) is 4.11. The summed E-state index contributed by atoms with van der Waals surface area (Å²) >= 11 is 0. The van der Waals surface area contributed by atoms with Crippen molar-refractivity contribution >= 4 is 11.8 Å². The van der Waals surface area contributed by atoms with Crippen molar-refractivity contribution in [2.45, 2.75) is 38.1 Å². The number of benzene rings is 3. The molecule has 0 fully saturated rings. The van der Waals surface area contributed by atoms with E-state index in [4.69, 9.17) is 0 Å². The summed E-state index contributed by atoms with van der Waals surface area (Å²) < 4.78 is 28.1. The van der Waals surface area contributed by atoms with Gasteiger partial charge in [0.1, 0.15) is 23.2 Å². The molecule has 0 aromatic heterocycles. The molecule has 2 unspecified atom stereocenters. The van der Waals surface area contributed by atoms with Crippen molar-refractivity contribution in [1.82, 2.24) is 10.6 Å². The molecule has 0 aliphatic heterocycles. The van der Waals surface area contributed by atoms with Crippen molar-refractivity contribution in [2.75, 3.05) is 6.54 Å². The van der Waals surface area contributed by atoms with Gasteiger partial charge < -0.3 is 10.6 Å². The van der Waals surface area contributed by atoms with Gasteiger partial charge in [0.15, 0.2) is 0 Å². The van der Waals surface area contributed by atoms with E-state index in [9.17, 15) is 18.4 Å². The Morgan fingerprint density at radius 3 is 1.94 bits per heavy atom. The Morgan fingerprint density at radius 1 is 0.857 bits per heavy atom. The van der Waals surface area contributed by atoms with Crippen LogP contribution >= 0.6 is 0 Å². The number of halogens is 2. The van der Waals surface area contributed by atoms with Crippen LogP contribution in [-0.2, 0) is 4.79 Å². The molecule has 6 heteroatoms. The number of amides is 2. The van der Waals surface area contributed by atoms with Crippen LogP contribution in [0.1, 0.15) is 64.7 Å². The van der Waals surface area contributed by atoms with E-state index in [1.807, 2.05) is 0 Å². The van der Waals surface area contributed by atoms with E-state index in [1.54, 1.807) is 13.8 Å². The maximum Gasteiger partial charge on any atom is 0.257 e. The first-order chi connectivity index (χ1) is 16.9. The molecular weight excluding hydrogens is 446 g/mol. The minimum absolute atomic E-state index is 0.187. The number of carbonyl (C=O) groups is 2. The van der Waals surface area contributed by atoms with E-state index in [0.717, 1.165) is 18.6 Å². The monoisotopic (exact) mass is 474 g/mol.